The van der Waals surface area contributed by atoms with Gasteiger partial charge in [0.15, 0.2) is 0 Å². The van der Waals surface area contributed by atoms with Crippen LogP contribution >= 0.6 is 0 Å². The van der Waals surface area contributed by atoms with Crippen LogP contribution in [-0.2, 0) is 9.59 Å². The summed E-state index contributed by atoms with van der Waals surface area (Å²) in [6.45, 7) is 0. The van der Waals surface area contributed by atoms with E-state index in [1.807, 2.05) is 18.2 Å². The van der Waals surface area contributed by atoms with Crippen molar-refractivity contribution in [3.05, 3.63) is 35.5 Å². The Morgan fingerprint density at radius 3 is 2.93 bits per heavy atom. The summed E-state index contributed by atoms with van der Waals surface area (Å²) in [5.74, 6) is 1.27. The fourth-order valence-corrected chi connectivity index (χ4v) is 1.74. The standard InChI is InChI=1S/C12H8O2/c1-2-8-7-11(13)12(14)10-6-4-3-5-9(8)10/h1,3-5,7,10H,6H2. The van der Waals surface area contributed by atoms with Crippen molar-refractivity contribution in [1.29, 1.82) is 0 Å². The van der Waals surface area contributed by atoms with Gasteiger partial charge in [-0.3, -0.25) is 9.59 Å². The van der Waals surface area contributed by atoms with Gasteiger partial charge in [0.1, 0.15) is 0 Å². The molecule has 0 N–H and O–H groups in total. The molecule has 14 heavy (non-hydrogen) atoms. The minimum absolute atomic E-state index is 0.344. The van der Waals surface area contributed by atoms with E-state index in [0.29, 0.717) is 12.0 Å². The number of hydrogen-bond donors (Lipinski definition) is 0. The van der Waals surface area contributed by atoms with E-state index in [4.69, 9.17) is 6.42 Å². The molecule has 0 heterocycles. The van der Waals surface area contributed by atoms with Crippen LogP contribution in [0.3, 0.4) is 0 Å². The third kappa shape index (κ3) is 1.14. The Labute approximate surface area is 82.0 Å². The van der Waals surface area contributed by atoms with Crippen molar-refractivity contribution in [3.8, 4) is 12.3 Å². The van der Waals surface area contributed by atoms with Crippen LogP contribution in [0.2, 0.25) is 0 Å². The zero-order valence-corrected chi connectivity index (χ0v) is 7.49. The Kier molecular flexibility index (Phi) is 1.94. The molecule has 68 valence electrons. The molecule has 0 aliphatic heterocycles. The molecule has 0 bridgehead atoms. The highest BCUT2D eigenvalue weighted by Gasteiger charge is 2.33. The second-order valence-electron chi connectivity index (χ2n) is 3.27. The predicted octanol–water partition coefficient (Wildman–Crippen LogP) is 1.20. The first-order valence-corrected chi connectivity index (χ1v) is 4.37. The molecular formula is C12H8O2. The van der Waals surface area contributed by atoms with Gasteiger partial charge in [0.05, 0.1) is 5.92 Å². The van der Waals surface area contributed by atoms with Gasteiger partial charge in [0.2, 0.25) is 11.6 Å². The van der Waals surface area contributed by atoms with E-state index in [1.165, 1.54) is 6.08 Å². The average Bonchev–Trinajstić information content (AvgIpc) is 2.23. The van der Waals surface area contributed by atoms with Crippen molar-refractivity contribution in [2.45, 2.75) is 6.42 Å². The molecular weight excluding hydrogens is 176 g/mol. The molecule has 0 fully saturated rings. The highest BCUT2D eigenvalue weighted by molar-refractivity contribution is 6.44. The quantitative estimate of drug-likeness (QED) is 0.418. The smallest absolute Gasteiger partial charge is 0.223 e. The number of carbonyl (C=O) groups is 2. The fraction of sp³-hybridized carbons (Fsp3) is 0.167. The van der Waals surface area contributed by atoms with Crippen LogP contribution in [0.4, 0.5) is 0 Å². The minimum Gasteiger partial charge on any atom is -0.290 e. The highest BCUT2D eigenvalue weighted by atomic mass is 16.2. The van der Waals surface area contributed by atoms with Gasteiger partial charge in [0, 0.05) is 11.6 Å². The van der Waals surface area contributed by atoms with E-state index in [2.05, 4.69) is 5.92 Å². The SMILES string of the molecule is C#CC1=CC(=O)C(=O)C2CC=CC=C12. The summed E-state index contributed by atoms with van der Waals surface area (Å²) in [7, 11) is 0. The van der Waals surface area contributed by atoms with Crippen molar-refractivity contribution < 1.29 is 9.59 Å². The lowest BCUT2D eigenvalue weighted by Crippen LogP contribution is -2.29. The van der Waals surface area contributed by atoms with Gasteiger partial charge >= 0.3 is 0 Å². The largest absolute Gasteiger partial charge is 0.290 e. The molecule has 2 aliphatic carbocycles. The summed E-state index contributed by atoms with van der Waals surface area (Å²) in [5.41, 5.74) is 1.35. The number of allylic oxidation sites excluding steroid dienone is 6. The second-order valence-corrected chi connectivity index (χ2v) is 3.27. The number of fused-ring (bicyclic) bond motifs is 1. The third-order valence-corrected chi connectivity index (χ3v) is 2.46. The lowest BCUT2D eigenvalue weighted by atomic mass is 9.78. The van der Waals surface area contributed by atoms with Crippen molar-refractivity contribution in [3.63, 3.8) is 0 Å². The van der Waals surface area contributed by atoms with Crippen molar-refractivity contribution >= 4 is 11.6 Å². The molecule has 2 heteroatoms. The second kappa shape index (κ2) is 3.12. The zero-order valence-electron chi connectivity index (χ0n) is 7.49. The maximum absolute atomic E-state index is 11.5. The topological polar surface area (TPSA) is 34.1 Å². The van der Waals surface area contributed by atoms with Gasteiger partial charge in [-0.2, -0.15) is 0 Å². The number of Topliss-reactive ketones (excluding diaryl/α,β-unsaturated/α-hetero) is 1. The van der Waals surface area contributed by atoms with Gasteiger partial charge < -0.3 is 0 Å². The number of hydrogen-bond acceptors (Lipinski definition) is 2. The molecule has 0 saturated heterocycles. The molecule has 0 amide bonds. The van der Waals surface area contributed by atoms with E-state index in [1.54, 1.807) is 0 Å². The first kappa shape index (κ1) is 8.71. The van der Waals surface area contributed by atoms with E-state index < -0.39 is 5.78 Å². The molecule has 0 saturated carbocycles. The summed E-state index contributed by atoms with van der Waals surface area (Å²) in [5, 5.41) is 0. The Morgan fingerprint density at radius 2 is 2.21 bits per heavy atom. The van der Waals surface area contributed by atoms with Gasteiger partial charge in [-0.1, -0.05) is 24.1 Å². The fourth-order valence-electron chi connectivity index (χ4n) is 1.74. The summed E-state index contributed by atoms with van der Waals surface area (Å²) >= 11 is 0. The molecule has 2 nitrogen and oxygen atoms in total. The summed E-state index contributed by atoms with van der Waals surface area (Å²) < 4.78 is 0. The summed E-state index contributed by atoms with van der Waals surface area (Å²) in [6.07, 6.45) is 12.6. The van der Waals surface area contributed by atoms with Crippen molar-refractivity contribution in [2.75, 3.05) is 0 Å². The van der Waals surface area contributed by atoms with Gasteiger partial charge in [-0.25, -0.2) is 0 Å². The minimum atomic E-state index is -0.476. The third-order valence-electron chi connectivity index (χ3n) is 2.46. The van der Waals surface area contributed by atoms with Crippen molar-refractivity contribution in [2.24, 2.45) is 5.92 Å². The maximum Gasteiger partial charge on any atom is 0.223 e. The molecule has 0 aromatic rings. The Balaban J connectivity index is 2.55. The first-order chi connectivity index (χ1) is 6.74. The molecule has 0 radical (unpaired) electrons. The number of terminal acetylenes is 1. The molecule has 1 atom stereocenters. The molecule has 0 spiro atoms. The van der Waals surface area contributed by atoms with Crippen LogP contribution in [0.5, 0.6) is 0 Å². The molecule has 2 aliphatic rings. The van der Waals surface area contributed by atoms with E-state index in [9.17, 15) is 9.59 Å². The molecule has 2 rings (SSSR count). The summed E-state index contributed by atoms with van der Waals surface area (Å²) in [6, 6.07) is 0. The first-order valence-electron chi connectivity index (χ1n) is 4.37. The molecule has 1 unspecified atom stereocenters. The number of rotatable bonds is 0. The normalized spacial score (nSPS) is 24.9. The van der Waals surface area contributed by atoms with Crippen LogP contribution in [0, 0.1) is 18.3 Å². The summed E-state index contributed by atoms with van der Waals surface area (Å²) in [4.78, 5) is 22.7. The van der Waals surface area contributed by atoms with E-state index >= 15 is 0 Å². The van der Waals surface area contributed by atoms with Crippen LogP contribution < -0.4 is 0 Å². The Hall–Kier alpha value is -1.88. The maximum atomic E-state index is 11.5. The van der Waals surface area contributed by atoms with Crippen molar-refractivity contribution in [1.82, 2.24) is 0 Å². The van der Waals surface area contributed by atoms with Crippen LogP contribution in [0.25, 0.3) is 0 Å². The zero-order chi connectivity index (χ0) is 10.1. The lowest BCUT2D eigenvalue weighted by Gasteiger charge is -2.22. The van der Waals surface area contributed by atoms with Gasteiger partial charge in [-0.05, 0) is 12.0 Å². The van der Waals surface area contributed by atoms with Gasteiger partial charge in [-0.15, -0.1) is 6.42 Å². The highest BCUT2D eigenvalue weighted by Crippen LogP contribution is 2.31. The Morgan fingerprint density at radius 1 is 1.43 bits per heavy atom. The Bertz CT molecular complexity index is 441. The van der Waals surface area contributed by atoms with Crippen LogP contribution in [-0.4, -0.2) is 11.6 Å². The van der Waals surface area contributed by atoms with Crippen LogP contribution in [0.1, 0.15) is 6.42 Å². The average molecular weight is 184 g/mol. The molecule has 0 aromatic heterocycles. The monoisotopic (exact) mass is 184 g/mol. The van der Waals surface area contributed by atoms with Gasteiger partial charge in [0.25, 0.3) is 0 Å². The van der Waals surface area contributed by atoms with E-state index in [0.717, 1.165) is 5.57 Å². The molecule has 0 aromatic carbocycles. The number of carbonyl (C=O) groups excluding carboxylic acids is 2. The number of ketones is 2. The van der Waals surface area contributed by atoms with E-state index in [-0.39, 0.29) is 11.7 Å². The predicted molar refractivity (Wildman–Crippen MR) is 52.3 cm³/mol. The van der Waals surface area contributed by atoms with Crippen LogP contribution in [0.15, 0.2) is 35.5 Å². The lowest BCUT2D eigenvalue weighted by molar-refractivity contribution is -0.135.